The van der Waals surface area contributed by atoms with Crippen molar-refractivity contribution in [2.24, 2.45) is 0 Å². The Hall–Kier alpha value is -2.69. The molecule has 0 radical (unpaired) electrons. The van der Waals surface area contributed by atoms with Crippen molar-refractivity contribution in [3.63, 3.8) is 0 Å². The summed E-state index contributed by atoms with van der Waals surface area (Å²) >= 11 is 0. The number of nitrogens with one attached hydrogen (secondary N) is 2. The zero-order chi connectivity index (χ0) is 15.2. The van der Waals surface area contributed by atoms with E-state index in [1.807, 2.05) is 25.1 Å². The van der Waals surface area contributed by atoms with E-state index in [0.29, 0.717) is 11.3 Å². The Bertz CT molecular complexity index is 641. The average Bonchev–Trinajstić information content (AvgIpc) is 2.47. The summed E-state index contributed by atoms with van der Waals surface area (Å²) in [6, 6.07) is 12.2. The van der Waals surface area contributed by atoms with Crippen LogP contribution in [0.4, 0.5) is 5.69 Å². The van der Waals surface area contributed by atoms with Crippen molar-refractivity contribution in [3.8, 4) is 0 Å². The highest BCUT2D eigenvalue weighted by Gasteiger charge is 2.12. The normalized spacial score (nSPS) is 11.5. The van der Waals surface area contributed by atoms with Crippen LogP contribution in [0.15, 0.2) is 48.7 Å². The number of carbonyl (C=O) groups excluding carboxylic acids is 2. The van der Waals surface area contributed by atoms with Gasteiger partial charge in [-0.25, -0.2) is 0 Å². The van der Waals surface area contributed by atoms with Gasteiger partial charge in [-0.2, -0.15) is 0 Å². The molecule has 2 amide bonds. The number of anilines is 1. The van der Waals surface area contributed by atoms with E-state index >= 15 is 0 Å². The lowest BCUT2D eigenvalue weighted by molar-refractivity contribution is -0.114. The first-order valence-electron chi connectivity index (χ1n) is 6.65. The molecule has 0 aliphatic heterocycles. The van der Waals surface area contributed by atoms with E-state index in [9.17, 15) is 9.59 Å². The molecule has 0 spiro atoms. The zero-order valence-corrected chi connectivity index (χ0v) is 12.0. The molecule has 2 rings (SSSR count). The van der Waals surface area contributed by atoms with Gasteiger partial charge in [-0.15, -0.1) is 0 Å². The SMILES string of the molecule is CC(=O)Nc1cccc(C(=O)NC(C)c2ccccn2)c1. The van der Waals surface area contributed by atoms with Crippen LogP contribution in [0.25, 0.3) is 0 Å². The zero-order valence-electron chi connectivity index (χ0n) is 12.0. The van der Waals surface area contributed by atoms with Crippen LogP contribution in [0, 0.1) is 0 Å². The molecule has 1 aromatic carbocycles. The monoisotopic (exact) mass is 283 g/mol. The second-order valence-corrected chi connectivity index (χ2v) is 4.71. The van der Waals surface area contributed by atoms with Gasteiger partial charge in [0, 0.05) is 24.4 Å². The van der Waals surface area contributed by atoms with Crippen LogP contribution in [0.1, 0.15) is 35.9 Å². The van der Waals surface area contributed by atoms with Crippen molar-refractivity contribution in [2.45, 2.75) is 19.9 Å². The van der Waals surface area contributed by atoms with Gasteiger partial charge in [0.05, 0.1) is 11.7 Å². The van der Waals surface area contributed by atoms with Crippen molar-refractivity contribution in [3.05, 3.63) is 59.9 Å². The smallest absolute Gasteiger partial charge is 0.251 e. The Labute approximate surface area is 123 Å². The first-order valence-corrected chi connectivity index (χ1v) is 6.65. The van der Waals surface area contributed by atoms with Crippen LogP contribution in [0.5, 0.6) is 0 Å². The second kappa shape index (κ2) is 6.65. The van der Waals surface area contributed by atoms with Crippen molar-refractivity contribution < 1.29 is 9.59 Å². The van der Waals surface area contributed by atoms with E-state index in [0.717, 1.165) is 5.69 Å². The minimum absolute atomic E-state index is 0.172. The largest absolute Gasteiger partial charge is 0.344 e. The maximum Gasteiger partial charge on any atom is 0.251 e. The Balaban J connectivity index is 2.08. The molecule has 21 heavy (non-hydrogen) atoms. The van der Waals surface area contributed by atoms with Gasteiger partial charge in [-0.1, -0.05) is 12.1 Å². The number of amides is 2. The summed E-state index contributed by atoms with van der Waals surface area (Å²) in [5.74, 6) is -0.380. The van der Waals surface area contributed by atoms with Crippen LogP contribution in [-0.4, -0.2) is 16.8 Å². The van der Waals surface area contributed by atoms with Crippen molar-refractivity contribution in [1.82, 2.24) is 10.3 Å². The van der Waals surface area contributed by atoms with Gasteiger partial charge in [0.25, 0.3) is 5.91 Å². The van der Waals surface area contributed by atoms with E-state index in [4.69, 9.17) is 0 Å². The molecule has 0 aliphatic rings. The van der Waals surface area contributed by atoms with E-state index in [2.05, 4.69) is 15.6 Å². The lowest BCUT2D eigenvalue weighted by atomic mass is 10.1. The highest BCUT2D eigenvalue weighted by molar-refractivity contribution is 5.96. The van der Waals surface area contributed by atoms with Gasteiger partial charge < -0.3 is 10.6 Å². The van der Waals surface area contributed by atoms with Crippen LogP contribution in [0.2, 0.25) is 0 Å². The topological polar surface area (TPSA) is 71.1 Å². The summed E-state index contributed by atoms with van der Waals surface area (Å²) in [5, 5.41) is 5.53. The maximum absolute atomic E-state index is 12.2. The summed E-state index contributed by atoms with van der Waals surface area (Å²) in [6.45, 7) is 3.30. The molecule has 1 aromatic heterocycles. The quantitative estimate of drug-likeness (QED) is 0.905. The van der Waals surface area contributed by atoms with Gasteiger partial charge in [-0.05, 0) is 37.3 Å². The highest BCUT2D eigenvalue weighted by Crippen LogP contribution is 2.13. The first kappa shape index (κ1) is 14.7. The molecule has 1 heterocycles. The van der Waals surface area contributed by atoms with Gasteiger partial charge >= 0.3 is 0 Å². The lowest BCUT2D eigenvalue weighted by Crippen LogP contribution is -2.27. The number of hydrogen-bond acceptors (Lipinski definition) is 3. The Kier molecular flexibility index (Phi) is 4.66. The van der Waals surface area contributed by atoms with Crippen LogP contribution in [0.3, 0.4) is 0 Å². The minimum atomic E-state index is -0.208. The number of carbonyl (C=O) groups is 2. The fraction of sp³-hybridized carbons (Fsp3) is 0.188. The molecular weight excluding hydrogens is 266 g/mol. The lowest BCUT2D eigenvalue weighted by Gasteiger charge is -2.13. The van der Waals surface area contributed by atoms with E-state index < -0.39 is 0 Å². The summed E-state index contributed by atoms with van der Waals surface area (Å²) < 4.78 is 0. The van der Waals surface area contributed by atoms with Crippen molar-refractivity contribution in [1.29, 1.82) is 0 Å². The maximum atomic E-state index is 12.2. The predicted octanol–water partition coefficient (Wildman–Crippen LogP) is 2.53. The molecule has 0 aliphatic carbocycles. The van der Waals surface area contributed by atoms with E-state index in [1.165, 1.54) is 6.92 Å². The van der Waals surface area contributed by atoms with Gasteiger partial charge in [0.1, 0.15) is 0 Å². The molecule has 1 atom stereocenters. The fourth-order valence-electron chi connectivity index (χ4n) is 1.93. The Morgan fingerprint density at radius 2 is 1.95 bits per heavy atom. The third-order valence-corrected chi connectivity index (χ3v) is 2.92. The number of rotatable bonds is 4. The number of aromatic nitrogens is 1. The molecule has 1 unspecified atom stereocenters. The van der Waals surface area contributed by atoms with Gasteiger partial charge in [-0.3, -0.25) is 14.6 Å². The number of hydrogen-bond donors (Lipinski definition) is 2. The standard InChI is InChI=1S/C16H17N3O2/c1-11(15-8-3-4-9-17-15)18-16(21)13-6-5-7-14(10-13)19-12(2)20/h3-11H,1-2H3,(H,18,21)(H,19,20). The summed E-state index contributed by atoms with van der Waals surface area (Å²) in [7, 11) is 0. The molecule has 0 bridgehead atoms. The third kappa shape index (κ3) is 4.14. The average molecular weight is 283 g/mol. The fourth-order valence-corrected chi connectivity index (χ4v) is 1.93. The molecule has 5 heteroatoms. The van der Waals surface area contributed by atoms with E-state index in [1.54, 1.807) is 30.5 Å². The Morgan fingerprint density at radius 1 is 1.14 bits per heavy atom. The summed E-state index contributed by atoms with van der Waals surface area (Å²) in [4.78, 5) is 27.5. The third-order valence-electron chi connectivity index (χ3n) is 2.92. The minimum Gasteiger partial charge on any atom is -0.344 e. The molecule has 2 aromatic rings. The van der Waals surface area contributed by atoms with Crippen molar-refractivity contribution >= 4 is 17.5 Å². The van der Waals surface area contributed by atoms with Gasteiger partial charge in [0.2, 0.25) is 5.91 Å². The first-order chi connectivity index (χ1) is 10.1. The molecule has 0 fully saturated rings. The van der Waals surface area contributed by atoms with Crippen LogP contribution < -0.4 is 10.6 Å². The predicted molar refractivity (Wildman–Crippen MR) is 80.9 cm³/mol. The highest BCUT2D eigenvalue weighted by atomic mass is 16.2. The van der Waals surface area contributed by atoms with Crippen molar-refractivity contribution in [2.75, 3.05) is 5.32 Å². The molecule has 5 nitrogen and oxygen atoms in total. The number of nitrogens with zero attached hydrogens (tertiary/aromatic N) is 1. The second-order valence-electron chi connectivity index (χ2n) is 4.71. The molecule has 0 saturated carbocycles. The molecule has 0 saturated heterocycles. The van der Waals surface area contributed by atoms with Gasteiger partial charge in [0.15, 0.2) is 0 Å². The summed E-state index contributed by atoms with van der Waals surface area (Å²) in [5.41, 5.74) is 1.88. The Morgan fingerprint density at radius 3 is 2.62 bits per heavy atom. The molecule has 2 N–H and O–H groups in total. The summed E-state index contributed by atoms with van der Waals surface area (Å²) in [6.07, 6.45) is 1.69. The number of pyridine rings is 1. The van der Waals surface area contributed by atoms with E-state index in [-0.39, 0.29) is 17.9 Å². The molecule has 108 valence electrons. The molecular formula is C16H17N3O2. The van der Waals surface area contributed by atoms with Crippen LogP contribution in [-0.2, 0) is 4.79 Å². The van der Waals surface area contributed by atoms with Crippen LogP contribution >= 0.6 is 0 Å². The number of benzene rings is 1.